The van der Waals surface area contributed by atoms with E-state index in [0.717, 1.165) is 147 Å². The molecule has 0 aliphatic carbocycles. The molecule has 834 valence electrons. The molecule has 0 unspecified atom stereocenters. The molecule has 3 aromatic carbocycles. The summed E-state index contributed by atoms with van der Waals surface area (Å²) in [5, 5.41) is 3.33. The van der Waals surface area contributed by atoms with Crippen molar-refractivity contribution in [3.8, 4) is 46.8 Å². The van der Waals surface area contributed by atoms with Crippen LogP contribution in [0.1, 0.15) is 452 Å². The molecule has 0 saturated heterocycles. The SMILES string of the molecule is CC(C)CCOc1ccc(C(C)C)cn1.CC(C)CCOc1cccc(C(C)C)n1.CC(C)CNc1cccc(C(C)C)n1.CC(C)Oc1cccc(C(C)C)n1.CC(C)c1ccc(OCC(C)(C)C)nc1.CC(C)c1ccccc1.CCC(CC)Oc1ccc(C(C)C)cn1.CCC(CC)Oc1cccc(C(C)C)n1.CCN(CC)c1cccc(C(C)C)n1.COc1cc(C)c(C(C)C)cc1C.COc1ccc(C)c(C(C)C)c1. The van der Waals surface area contributed by atoms with Gasteiger partial charge in [0, 0.05) is 103 Å². The average Bonchev–Trinajstić information content (AvgIpc) is 0.827. The van der Waals surface area contributed by atoms with Gasteiger partial charge in [-0.1, -0.05) is 333 Å². The number of benzene rings is 3. The zero-order valence-corrected chi connectivity index (χ0v) is 102. The Morgan fingerprint density at radius 1 is 0.307 bits per heavy atom. The van der Waals surface area contributed by atoms with Gasteiger partial charge in [-0.2, -0.15) is 0 Å². The number of anilines is 2. The Bertz CT molecular complexity index is 5250. The lowest BCUT2D eigenvalue weighted by atomic mass is 9.96. The van der Waals surface area contributed by atoms with Gasteiger partial charge in [-0.3, -0.25) is 0 Å². The number of nitrogens with one attached hydrogen (secondary N) is 1. The largest absolute Gasteiger partial charge is 0.497 e. The lowest BCUT2D eigenvalue weighted by molar-refractivity contribution is 0.184. The summed E-state index contributed by atoms with van der Waals surface area (Å²) >= 11 is 0. The molecule has 0 fully saturated rings. The highest BCUT2D eigenvalue weighted by atomic mass is 16.5. The van der Waals surface area contributed by atoms with Gasteiger partial charge in [0.2, 0.25) is 35.3 Å². The van der Waals surface area contributed by atoms with E-state index in [1.165, 1.54) is 55.8 Å². The van der Waals surface area contributed by atoms with Crippen LogP contribution >= 0.6 is 0 Å². The summed E-state index contributed by atoms with van der Waals surface area (Å²) < 4.78 is 44.2. The molecule has 11 rings (SSSR count). The Morgan fingerprint density at radius 3 is 1.05 bits per heavy atom. The van der Waals surface area contributed by atoms with Crippen LogP contribution in [-0.2, 0) is 0 Å². The molecule has 150 heavy (non-hydrogen) atoms. The third-order valence-electron chi connectivity index (χ3n) is 24.1. The number of pyridine rings is 8. The fourth-order valence-corrected chi connectivity index (χ4v) is 14.0. The first-order valence-corrected chi connectivity index (χ1v) is 56.2. The zero-order valence-electron chi connectivity index (χ0n) is 102. The number of hydrogen-bond donors (Lipinski definition) is 1. The van der Waals surface area contributed by atoms with Gasteiger partial charge >= 0.3 is 0 Å². The van der Waals surface area contributed by atoms with Gasteiger partial charge in [0.05, 0.1) is 52.4 Å². The molecule has 0 saturated carbocycles. The first kappa shape index (κ1) is 137. The van der Waals surface area contributed by atoms with Crippen LogP contribution in [0.5, 0.6) is 46.8 Å². The molecular weight excluding hydrogens is 1850 g/mol. The average molecular weight is 2060 g/mol. The van der Waals surface area contributed by atoms with E-state index in [1.54, 1.807) is 14.2 Å². The molecule has 0 radical (unpaired) electrons. The van der Waals surface area contributed by atoms with Crippen molar-refractivity contribution in [3.63, 3.8) is 0 Å². The molecule has 0 amide bonds. The van der Waals surface area contributed by atoms with Crippen molar-refractivity contribution < 1.29 is 37.9 Å². The summed E-state index contributed by atoms with van der Waals surface area (Å²) in [5.74, 6) is 16.2. The van der Waals surface area contributed by atoms with Crippen molar-refractivity contribution in [1.29, 1.82) is 0 Å². The Morgan fingerprint density at radius 2 is 0.687 bits per heavy atom. The van der Waals surface area contributed by atoms with Crippen molar-refractivity contribution in [3.05, 3.63) is 285 Å². The first-order chi connectivity index (χ1) is 70.8. The Hall–Kier alpha value is -11.1. The highest BCUT2D eigenvalue weighted by molar-refractivity contribution is 5.44. The lowest BCUT2D eigenvalue weighted by Gasteiger charge is -2.20. The molecule has 0 atom stereocenters. The molecule has 8 heterocycles. The van der Waals surface area contributed by atoms with Crippen LogP contribution < -0.4 is 48.1 Å². The number of aryl methyl sites for hydroxylation is 3. The van der Waals surface area contributed by atoms with Gasteiger partial charge in [-0.15, -0.1) is 0 Å². The molecule has 1 N–H and O–H groups in total. The predicted molar refractivity (Wildman–Crippen MR) is 643 cm³/mol. The van der Waals surface area contributed by atoms with Crippen LogP contribution in [0.4, 0.5) is 11.6 Å². The Labute approximate surface area is 915 Å². The van der Waals surface area contributed by atoms with E-state index in [-0.39, 0.29) is 11.5 Å². The minimum Gasteiger partial charge on any atom is -0.497 e. The van der Waals surface area contributed by atoms with Crippen molar-refractivity contribution >= 4 is 11.6 Å². The highest BCUT2D eigenvalue weighted by Crippen LogP contribution is 2.31. The van der Waals surface area contributed by atoms with Gasteiger partial charge in [-0.25, -0.2) is 39.9 Å². The molecule has 18 heteroatoms. The first-order valence-electron chi connectivity index (χ1n) is 56.2. The number of ether oxygens (including phenoxy) is 8. The second-order valence-electron chi connectivity index (χ2n) is 44.5. The molecule has 0 bridgehead atoms. The normalized spacial score (nSPS) is 10.9. The van der Waals surface area contributed by atoms with Crippen LogP contribution in [-0.4, -0.2) is 112 Å². The fraction of sp³-hybridized carbons (Fsp3) is 0.561. The Balaban J connectivity index is 0.000000827. The lowest BCUT2D eigenvalue weighted by Crippen LogP contribution is -2.23. The summed E-state index contributed by atoms with van der Waals surface area (Å²) in [4.78, 5) is 37.6. The van der Waals surface area contributed by atoms with E-state index in [2.05, 4.69) is 424 Å². The topological polar surface area (TPSA) is 192 Å². The quantitative estimate of drug-likeness (QED) is 0.0382. The standard InChI is InChI=1S/5C13H21NO.2C12H20N2.C12H18O.C11H17NO.C11H16O.C9H12/c1-10(2)11-6-7-12(14-8-11)15-9-13(3,4)5;1-10(2)7-8-15-13-6-5-12(9-14-13)11(3)4;1-10(2)8-9-15-13-7-5-6-12(14-13)11(3)4;1-5-12(6-2)15-13-8-7-11(9-14-13)10(3)4;1-5-11(6-2)15-13-9-7-8-12(14-13)10(3)4;1-9(2)8-13-12-7-5-6-11(14-12)10(3)4;1-5-14(6-2)12-9-7-8-11(13-12)10(3)4;1-8(2)11-6-10(4)12(13-5)7-9(11)3;1-8(2)10-6-5-7-11(12-10)13-9(3)4;1-8(2)11-7-10(12-4)6-5-9(11)3;1-8(2)9-6-4-3-5-7-9/h6-8,10H,9H2,1-5H3;5-6,9-11H,7-8H2,1-4H3;5-7,10-11H,8-9H2,1-4H3;7-10,12H,5-6H2,1-4H3;7-11H,5-6H2,1-4H3;5-7,9-10H,8H2,1-4H3,(H,13,14);7-10H,5-6H2,1-4H3;6-8H,1-5H3;5-9H,1-4H3;5-8H,1-4H3;3-8H,1-2H3. The monoisotopic (exact) mass is 2060 g/mol. The predicted octanol–water partition coefficient (Wildman–Crippen LogP) is 37.1. The van der Waals surface area contributed by atoms with E-state index in [9.17, 15) is 0 Å². The fourth-order valence-electron chi connectivity index (χ4n) is 14.0. The van der Waals surface area contributed by atoms with Gasteiger partial charge < -0.3 is 48.1 Å². The van der Waals surface area contributed by atoms with Crippen LogP contribution in [0.15, 0.2) is 207 Å². The van der Waals surface area contributed by atoms with E-state index in [1.807, 2.05) is 123 Å². The molecule has 11 aromatic rings. The van der Waals surface area contributed by atoms with Crippen molar-refractivity contribution in [2.75, 3.05) is 63.9 Å². The molecule has 0 aliphatic rings. The van der Waals surface area contributed by atoms with Crippen LogP contribution in [0.2, 0.25) is 0 Å². The summed E-state index contributed by atoms with van der Waals surface area (Å²) in [6.45, 7) is 95.8. The molecule has 18 nitrogen and oxygen atoms in total. The number of hydrogen-bond acceptors (Lipinski definition) is 18. The van der Waals surface area contributed by atoms with Gasteiger partial charge in [0.15, 0.2) is 0 Å². The highest BCUT2D eigenvalue weighted by Gasteiger charge is 2.17. The van der Waals surface area contributed by atoms with Crippen LogP contribution in [0.25, 0.3) is 0 Å². The maximum absolute atomic E-state index is 5.79. The van der Waals surface area contributed by atoms with Crippen molar-refractivity contribution in [2.24, 2.45) is 23.2 Å². The van der Waals surface area contributed by atoms with Crippen LogP contribution in [0.3, 0.4) is 0 Å². The smallest absolute Gasteiger partial charge is 0.213 e. The van der Waals surface area contributed by atoms with Gasteiger partial charge in [-0.05, 0) is 286 Å². The maximum atomic E-state index is 5.79. The third kappa shape index (κ3) is 60.2. The summed E-state index contributed by atoms with van der Waals surface area (Å²) in [6.07, 6.45) is 12.8. The van der Waals surface area contributed by atoms with E-state index >= 15 is 0 Å². The molecule has 0 spiro atoms. The number of rotatable bonds is 39. The summed E-state index contributed by atoms with van der Waals surface area (Å²) in [5.41, 5.74) is 17.6. The maximum Gasteiger partial charge on any atom is 0.213 e. The van der Waals surface area contributed by atoms with E-state index in [0.29, 0.717) is 108 Å². The summed E-state index contributed by atoms with van der Waals surface area (Å²) in [6, 6.07) is 63.5. The molecule has 0 aliphatic heterocycles. The molecule has 8 aromatic heterocycles. The minimum atomic E-state index is 0.179. The summed E-state index contributed by atoms with van der Waals surface area (Å²) in [7, 11) is 3.42. The van der Waals surface area contributed by atoms with Gasteiger partial charge in [0.1, 0.15) is 23.1 Å². The number of methoxy groups -OCH3 is 2. The van der Waals surface area contributed by atoms with Crippen LogP contribution in [0, 0.1) is 43.9 Å². The number of nitrogens with zero attached hydrogens (tertiary/aromatic N) is 9. The second-order valence-corrected chi connectivity index (χ2v) is 44.5. The zero-order chi connectivity index (χ0) is 113. The Kier molecular flexibility index (Phi) is 69.7. The van der Waals surface area contributed by atoms with E-state index < -0.39 is 0 Å². The van der Waals surface area contributed by atoms with Crippen molar-refractivity contribution in [1.82, 2.24) is 39.9 Å². The second kappa shape index (κ2) is 76.4. The molecular formula is C132H208N10O8. The third-order valence-corrected chi connectivity index (χ3v) is 24.1. The van der Waals surface area contributed by atoms with E-state index in [4.69, 9.17) is 37.9 Å². The number of aromatic nitrogens is 8. The minimum absolute atomic E-state index is 0.179. The van der Waals surface area contributed by atoms with Crippen molar-refractivity contribution in [2.45, 2.75) is 413 Å². The van der Waals surface area contributed by atoms with Gasteiger partial charge in [0.25, 0.3) is 0 Å².